The SMILES string of the molecule is C/C=C\c1cc(-c2ccc3c4ccccc4c4ccccc4c3c2)c(-c2cccc(C)c2)cc1N. The standard InChI is InChI=1S/C34H27N/c1-3-9-25-20-31(32(21-34(25)35)23-11-8-10-22(2)18-23)24-16-17-30-28-14-5-4-12-26(28)27-13-6-7-15-29(27)33(30)19-24/h3-21H,35H2,1-2H3/b9-3-. The highest BCUT2D eigenvalue weighted by Gasteiger charge is 2.14. The molecule has 0 atom stereocenters. The van der Waals surface area contributed by atoms with Crippen LogP contribution in [-0.2, 0) is 0 Å². The summed E-state index contributed by atoms with van der Waals surface area (Å²) in [4.78, 5) is 0. The van der Waals surface area contributed by atoms with Gasteiger partial charge in [0.05, 0.1) is 0 Å². The molecule has 168 valence electrons. The maximum atomic E-state index is 6.51. The molecule has 35 heavy (non-hydrogen) atoms. The van der Waals surface area contributed by atoms with Gasteiger partial charge in [-0.1, -0.05) is 103 Å². The maximum absolute atomic E-state index is 6.51. The Labute approximate surface area is 206 Å². The zero-order valence-electron chi connectivity index (χ0n) is 20.0. The Morgan fingerprint density at radius 1 is 0.543 bits per heavy atom. The van der Waals surface area contributed by atoms with Crippen LogP contribution in [0.5, 0.6) is 0 Å². The summed E-state index contributed by atoms with van der Waals surface area (Å²) in [5.74, 6) is 0. The molecule has 0 aliphatic rings. The monoisotopic (exact) mass is 449 g/mol. The normalized spacial score (nSPS) is 11.7. The number of nitrogens with two attached hydrogens (primary N) is 1. The minimum Gasteiger partial charge on any atom is -0.398 e. The summed E-state index contributed by atoms with van der Waals surface area (Å²) >= 11 is 0. The number of hydrogen-bond donors (Lipinski definition) is 1. The fourth-order valence-corrected chi connectivity index (χ4v) is 5.32. The van der Waals surface area contributed by atoms with Gasteiger partial charge in [0.25, 0.3) is 0 Å². The van der Waals surface area contributed by atoms with Crippen LogP contribution in [0, 0.1) is 6.92 Å². The fourth-order valence-electron chi connectivity index (χ4n) is 5.32. The Morgan fingerprint density at radius 2 is 1.11 bits per heavy atom. The van der Waals surface area contributed by atoms with Gasteiger partial charge in [0.2, 0.25) is 0 Å². The Bertz CT molecular complexity index is 1740. The molecule has 1 heteroatoms. The molecule has 6 aromatic rings. The van der Waals surface area contributed by atoms with Crippen LogP contribution in [0.4, 0.5) is 5.69 Å². The van der Waals surface area contributed by atoms with E-state index in [1.807, 2.05) is 13.0 Å². The van der Waals surface area contributed by atoms with Crippen molar-refractivity contribution in [3.8, 4) is 22.3 Å². The van der Waals surface area contributed by atoms with Crippen LogP contribution in [0.2, 0.25) is 0 Å². The second-order valence-corrected chi connectivity index (χ2v) is 9.25. The van der Waals surface area contributed by atoms with E-state index in [-0.39, 0.29) is 0 Å². The van der Waals surface area contributed by atoms with Crippen molar-refractivity contribution < 1.29 is 0 Å². The minimum atomic E-state index is 0.792. The first-order valence-electron chi connectivity index (χ1n) is 12.1. The van der Waals surface area contributed by atoms with Crippen LogP contribution in [0.1, 0.15) is 18.1 Å². The van der Waals surface area contributed by atoms with Gasteiger partial charge in [-0.25, -0.2) is 0 Å². The molecule has 0 unspecified atom stereocenters. The van der Waals surface area contributed by atoms with Crippen molar-refractivity contribution in [2.45, 2.75) is 13.8 Å². The molecular formula is C34H27N. The molecule has 0 fully saturated rings. The third-order valence-electron chi connectivity index (χ3n) is 6.95. The molecule has 0 radical (unpaired) electrons. The van der Waals surface area contributed by atoms with E-state index in [9.17, 15) is 0 Å². The van der Waals surface area contributed by atoms with Crippen molar-refractivity contribution >= 4 is 44.1 Å². The van der Waals surface area contributed by atoms with Gasteiger partial charge >= 0.3 is 0 Å². The van der Waals surface area contributed by atoms with Crippen molar-refractivity contribution in [3.63, 3.8) is 0 Å². The lowest BCUT2D eigenvalue weighted by atomic mass is 9.88. The summed E-state index contributed by atoms with van der Waals surface area (Å²) in [5, 5.41) is 7.72. The number of hydrogen-bond acceptors (Lipinski definition) is 1. The third kappa shape index (κ3) is 3.57. The van der Waals surface area contributed by atoms with E-state index in [2.05, 4.69) is 116 Å². The Balaban J connectivity index is 1.70. The summed E-state index contributed by atoms with van der Waals surface area (Å²) < 4.78 is 0. The van der Waals surface area contributed by atoms with Crippen LogP contribution < -0.4 is 5.73 Å². The predicted octanol–water partition coefficient (Wildman–Crippen LogP) is 9.40. The van der Waals surface area contributed by atoms with E-state index < -0.39 is 0 Å². The largest absolute Gasteiger partial charge is 0.398 e. The second kappa shape index (κ2) is 8.45. The van der Waals surface area contributed by atoms with Crippen molar-refractivity contribution in [3.05, 3.63) is 120 Å². The van der Waals surface area contributed by atoms with Gasteiger partial charge in [0, 0.05) is 5.69 Å². The Hall–Kier alpha value is -4.36. The quantitative estimate of drug-likeness (QED) is 0.211. The topological polar surface area (TPSA) is 26.0 Å². The number of allylic oxidation sites excluding steroid dienone is 1. The molecular weight excluding hydrogens is 422 g/mol. The van der Waals surface area contributed by atoms with Gasteiger partial charge in [-0.15, -0.1) is 0 Å². The van der Waals surface area contributed by atoms with Crippen molar-refractivity contribution in [2.75, 3.05) is 5.73 Å². The van der Waals surface area contributed by atoms with Gasteiger partial charge < -0.3 is 5.73 Å². The molecule has 2 N–H and O–H groups in total. The number of rotatable bonds is 3. The van der Waals surface area contributed by atoms with Crippen LogP contribution in [0.3, 0.4) is 0 Å². The maximum Gasteiger partial charge on any atom is 0.0394 e. The van der Waals surface area contributed by atoms with Crippen molar-refractivity contribution in [1.82, 2.24) is 0 Å². The van der Waals surface area contributed by atoms with Gasteiger partial charge in [0.1, 0.15) is 0 Å². The van der Waals surface area contributed by atoms with E-state index in [1.165, 1.54) is 54.6 Å². The van der Waals surface area contributed by atoms with Crippen LogP contribution >= 0.6 is 0 Å². The molecule has 0 bridgehead atoms. The summed E-state index contributed by atoms with van der Waals surface area (Å²) in [6, 6.07) is 37.4. The number of aryl methyl sites for hydroxylation is 1. The molecule has 1 nitrogen and oxygen atoms in total. The minimum absolute atomic E-state index is 0.792. The number of fused-ring (bicyclic) bond motifs is 6. The zero-order chi connectivity index (χ0) is 23.9. The molecule has 6 rings (SSSR count). The average molecular weight is 450 g/mol. The number of nitrogen functional groups attached to an aromatic ring is 1. The van der Waals surface area contributed by atoms with E-state index >= 15 is 0 Å². The molecule has 0 saturated carbocycles. The van der Waals surface area contributed by atoms with Gasteiger partial charge in [-0.3, -0.25) is 0 Å². The van der Waals surface area contributed by atoms with Gasteiger partial charge in [0.15, 0.2) is 0 Å². The summed E-state index contributed by atoms with van der Waals surface area (Å²) in [5.41, 5.74) is 14.3. The fraction of sp³-hybridized carbons (Fsp3) is 0.0588. The van der Waals surface area contributed by atoms with E-state index in [0.717, 1.165) is 16.8 Å². The summed E-state index contributed by atoms with van der Waals surface area (Å²) in [7, 11) is 0. The number of anilines is 1. The molecule has 0 amide bonds. The predicted molar refractivity (Wildman–Crippen MR) is 154 cm³/mol. The first-order chi connectivity index (χ1) is 17.1. The third-order valence-corrected chi connectivity index (χ3v) is 6.95. The molecule has 6 aromatic carbocycles. The molecule has 0 saturated heterocycles. The number of benzene rings is 6. The van der Waals surface area contributed by atoms with E-state index in [4.69, 9.17) is 5.73 Å². The lowest BCUT2D eigenvalue weighted by Gasteiger charge is -2.16. The van der Waals surface area contributed by atoms with Crippen LogP contribution in [-0.4, -0.2) is 0 Å². The molecule has 0 heterocycles. The summed E-state index contributed by atoms with van der Waals surface area (Å²) in [6.45, 7) is 4.16. The lowest BCUT2D eigenvalue weighted by molar-refractivity contribution is 1.46. The Kier molecular flexibility index (Phi) is 5.12. The molecule has 0 aromatic heterocycles. The van der Waals surface area contributed by atoms with Crippen molar-refractivity contribution in [2.24, 2.45) is 0 Å². The highest BCUT2D eigenvalue weighted by atomic mass is 14.6. The zero-order valence-corrected chi connectivity index (χ0v) is 20.0. The van der Waals surface area contributed by atoms with Gasteiger partial charge in [-0.05, 0) is 92.2 Å². The molecule has 0 aliphatic heterocycles. The smallest absolute Gasteiger partial charge is 0.0394 e. The Morgan fingerprint density at radius 3 is 1.74 bits per heavy atom. The van der Waals surface area contributed by atoms with Crippen LogP contribution in [0.15, 0.2) is 109 Å². The summed E-state index contributed by atoms with van der Waals surface area (Å²) in [6.07, 6.45) is 4.13. The highest BCUT2D eigenvalue weighted by Crippen LogP contribution is 2.40. The molecule has 0 spiro atoms. The first kappa shape index (κ1) is 21.2. The van der Waals surface area contributed by atoms with Gasteiger partial charge in [-0.2, -0.15) is 0 Å². The average Bonchev–Trinajstić information content (AvgIpc) is 2.89. The second-order valence-electron chi connectivity index (χ2n) is 9.25. The molecule has 0 aliphatic carbocycles. The van der Waals surface area contributed by atoms with E-state index in [0.29, 0.717) is 0 Å². The lowest BCUT2D eigenvalue weighted by Crippen LogP contribution is -1.95. The first-order valence-corrected chi connectivity index (χ1v) is 12.1. The van der Waals surface area contributed by atoms with Crippen LogP contribution in [0.25, 0.3) is 60.6 Å². The van der Waals surface area contributed by atoms with E-state index in [1.54, 1.807) is 0 Å². The van der Waals surface area contributed by atoms with Crippen molar-refractivity contribution in [1.29, 1.82) is 0 Å². The highest BCUT2D eigenvalue weighted by molar-refractivity contribution is 6.25.